The second-order valence-electron chi connectivity index (χ2n) is 6.46. The van der Waals surface area contributed by atoms with Crippen LogP contribution >= 0.6 is 11.3 Å². The first kappa shape index (κ1) is 18.9. The zero-order chi connectivity index (χ0) is 19.9. The van der Waals surface area contributed by atoms with Gasteiger partial charge in [-0.1, -0.05) is 24.3 Å². The molecule has 2 heterocycles. The number of carbonyl (C=O) groups is 1. The molecule has 144 valence electrons. The molecule has 1 saturated heterocycles. The van der Waals surface area contributed by atoms with E-state index in [1.807, 2.05) is 0 Å². The Balaban J connectivity index is 1.76. The van der Waals surface area contributed by atoms with Gasteiger partial charge in [0, 0.05) is 16.0 Å². The fraction of sp³-hybridized carbons (Fsp3) is 0.190. The molecule has 1 aliphatic heterocycles. The van der Waals surface area contributed by atoms with Gasteiger partial charge in [-0.25, -0.2) is 13.2 Å². The second-order valence-corrected chi connectivity index (χ2v) is 7.54. The van der Waals surface area contributed by atoms with Crippen molar-refractivity contribution in [3.8, 4) is 21.6 Å². The van der Waals surface area contributed by atoms with Crippen molar-refractivity contribution in [3.63, 3.8) is 0 Å². The monoisotopic (exact) mass is 404 g/mol. The number of thiophene rings is 1. The molecule has 0 spiro atoms. The van der Waals surface area contributed by atoms with Gasteiger partial charge in [0.1, 0.15) is 12.1 Å². The van der Waals surface area contributed by atoms with Gasteiger partial charge in [-0.15, -0.1) is 11.3 Å². The maximum Gasteiger partial charge on any atom is 0.201 e. The van der Waals surface area contributed by atoms with Crippen LogP contribution in [0, 0.1) is 17.5 Å². The molecule has 0 unspecified atom stereocenters. The van der Waals surface area contributed by atoms with Crippen LogP contribution in [0.15, 0.2) is 42.5 Å². The summed E-state index contributed by atoms with van der Waals surface area (Å²) in [4.78, 5) is 11.8. The van der Waals surface area contributed by atoms with Crippen LogP contribution in [0.3, 0.4) is 0 Å². The molecule has 1 fully saturated rings. The van der Waals surface area contributed by atoms with E-state index in [1.54, 1.807) is 19.1 Å². The van der Waals surface area contributed by atoms with Crippen molar-refractivity contribution in [2.24, 2.45) is 0 Å². The Morgan fingerprint density at radius 3 is 2.32 bits per heavy atom. The molecule has 4 rings (SSSR count). The molecule has 0 atom stereocenters. The molecule has 1 aromatic heterocycles. The summed E-state index contributed by atoms with van der Waals surface area (Å²) < 4.78 is 55.4. The lowest BCUT2D eigenvalue weighted by atomic mass is 10.00. The molecule has 28 heavy (non-hydrogen) atoms. The summed E-state index contributed by atoms with van der Waals surface area (Å²) in [6.45, 7) is 2.64. The van der Waals surface area contributed by atoms with Crippen molar-refractivity contribution in [1.29, 1.82) is 0 Å². The largest absolute Gasteiger partial charge is 0.343 e. The molecule has 0 bridgehead atoms. The third-order valence-corrected chi connectivity index (χ3v) is 5.95. The van der Waals surface area contributed by atoms with Gasteiger partial charge < -0.3 is 9.47 Å². The minimum atomic E-state index is -1.27. The quantitative estimate of drug-likeness (QED) is 0.424. The summed E-state index contributed by atoms with van der Waals surface area (Å²) in [5, 5.41) is 0. The number of hydrogen-bond acceptors (Lipinski definition) is 4. The van der Waals surface area contributed by atoms with E-state index in [4.69, 9.17) is 9.47 Å². The summed E-state index contributed by atoms with van der Waals surface area (Å²) in [5.41, 5.74) is -0.123. The molecule has 7 heteroatoms. The number of aldehydes is 1. The highest BCUT2D eigenvalue weighted by atomic mass is 32.1. The van der Waals surface area contributed by atoms with Crippen LogP contribution < -0.4 is 0 Å². The summed E-state index contributed by atoms with van der Waals surface area (Å²) in [6.07, 6.45) is 0.618. The SMILES string of the molecule is CC1(c2ccc(-c3cc(F)c(-c4ccc(C=O)cc4)c(F)c3F)s2)OCCO1. The number of benzene rings is 2. The Labute approximate surface area is 163 Å². The zero-order valence-electron chi connectivity index (χ0n) is 14.8. The van der Waals surface area contributed by atoms with Gasteiger partial charge in [-0.3, -0.25) is 4.79 Å². The van der Waals surface area contributed by atoms with E-state index in [0.29, 0.717) is 34.8 Å². The molecule has 0 radical (unpaired) electrons. The Kier molecular flexibility index (Phi) is 4.82. The molecule has 0 aliphatic carbocycles. The number of rotatable bonds is 4. The topological polar surface area (TPSA) is 35.5 Å². The molecule has 1 aliphatic rings. The highest BCUT2D eigenvalue weighted by Crippen LogP contribution is 2.41. The average Bonchev–Trinajstić information content (AvgIpc) is 3.36. The normalized spacial score (nSPS) is 15.7. The van der Waals surface area contributed by atoms with Gasteiger partial charge in [0.2, 0.25) is 5.79 Å². The molecular formula is C21H15F3O3S. The number of carbonyl (C=O) groups excluding carboxylic acids is 1. The molecular weight excluding hydrogens is 389 g/mol. The minimum absolute atomic E-state index is 0.151. The Morgan fingerprint density at radius 1 is 1.00 bits per heavy atom. The minimum Gasteiger partial charge on any atom is -0.343 e. The van der Waals surface area contributed by atoms with E-state index in [2.05, 4.69) is 0 Å². The van der Waals surface area contributed by atoms with E-state index in [9.17, 15) is 18.0 Å². The Bertz CT molecular complexity index is 1040. The number of ether oxygens (including phenoxy) is 2. The van der Waals surface area contributed by atoms with Crippen molar-refractivity contribution >= 4 is 17.6 Å². The highest BCUT2D eigenvalue weighted by molar-refractivity contribution is 7.15. The summed E-state index contributed by atoms with van der Waals surface area (Å²) >= 11 is 1.16. The van der Waals surface area contributed by atoms with Crippen LogP contribution in [-0.2, 0) is 15.3 Å². The van der Waals surface area contributed by atoms with E-state index in [-0.39, 0.29) is 11.1 Å². The highest BCUT2D eigenvalue weighted by Gasteiger charge is 2.35. The molecule has 3 nitrogen and oxygen atoms in total. The van der Waals surface area contributed by atoms with E-state index < -0.39 is 28.8 Å². The molecule has 3 aromatic rings. The van der Waals surface area contributed by atoms with Crippen LogP contribution in [0.5, 0.6) is 0 Å². The third kappa shape index (κ3) is 3.15. The average molecular weight is 404 g/mol. The van der Waals surface area contributed by atoms with Gasteiger partial charge in [0.05, 0.1) is 23.7 Å². The fourth-order valence-corrected chi connectivity index (χ4v) is 4.22. The van der Waals surface area contributed by atoms with Crippen LogP contribution in [0.25, 0.3) is 21.6 Å². The van der Waals surface area contributed by atoms with E-state index in [1.165, 1.54) is 24.3 Å². The first-order chi connectivity index (χ1) is 13.4. The summed E-state index contributed by atoms with van der Waals surface area (Å²) in [6, 6.07) is 9.86. The molecule has 2 aromatic carbocycles. The summed E-state index contributed by atoms with van der Waals surface area (Å²) in [7, 11) is 0. The summed E-state index contributed by atoms with van der Waals surface area (Å²) in [5.74, 6) is -4.23. The Hall–Kier alpha value is -2.48. The van der Waals surface area contributed by atoms with Gasteiger partial charge >= 0.3 is 0 Å². The van der Waals surface area contributed by atoms with Crippen molar-refractivity contribution in [2.75, 3.05) is 13.2 Å². The predicted molar refractivity (Wildman–Crippen MR) is 99.7 cm³/mol. The lowest BCUT2D eigenvalue weighted by Gasteiger charge is -2.20. The lowest BCUT2D eigenvalue weighted by Crippen LogP contribution is -2.20. The van der Waals surface area contributed by atoms with Crippen molar-refractivity contribution in [1.82, 2.24) is 0 Å². The maximum atomic E-state index is 14.8. The number of halogens is 3. The van der Waals surface area contributed by atoms with Crippen molar-refractivity contribution < 1.29 is 27.4 Å². The Morgan fingerprint density at radius 2 is 1.68 bits per heavy atom. The zero-order valence-corrected chi connectivity index (χ0v) is 15.6. The van der Waals surface area contributed by atoms with E-state index >= 15 is 0 Å². The van der Waals surface area contributed by atoms with Crippen LogP contribution in [-0.4, -0.2) is 19.5 Å². The van der Waals surface area contributed by atoms with Gasteiger partial charge in [0.25, 0.3) is 0 Å². The van der Waals surface area contributed by atoms with Crippen LogP contribution in [0.2, 0.25) is 0 Å². The molecule has 0 N–H and O–H groups in total. The van der Waals surface area contributed by atoms with Gasteiger partial charge in [-0.05, 0) is 30.7 Å². The lowest BCUT2D eigenvalue weighted by molar-refractivity contribution is -0.146. The van der Waals surface area contributed by atoms with Crippen molar-refractivity contribution in [3.05, 3.63) is 70.4 Å². The third-order valence-electron chi connectivity index (χ3n) is 4.65. The van der Waals surface area contributed by atoms with Crippen LogP contribution in [0.4, 0.5) is 13.2 Å². The second kappa shape index (κ2) is 7.16. The molecule has 0 amide bonds. The van der Waals surface area contributed by atoms with Gasteiger partial charge in [0.15, 0.2) is 11.6 Å². The number of hydrogen-bond donors (Lipinski definition) is 0. The van der Waals surface area contributed by atoms with Crippen LogP contribution in [0.1, 0.15) is 22.2 Å². The van der Waals surface area contributed by atoms with E-state index in [0.717, 1.165) is 17.4 Å². The maximum absolute atomic E-state index is 14.8. The van der Waals surface area contributed by atoms with Crippen molar-refractivity contribution in [2.45, 2.75) is 12.7 Å². The fourth-order valence-electron chi connectivity index (χ4n) is 3.15. The van der Waals surface area contributed by atoms with Gasteiger partial charge in [-0.2, -0.15) is 0 Å². The first-order valence-corrected chi connectivity index (χ1v) is 9.36. The molecule has 0 saturated carbocycles. The predicted octanol–water partition coefficient (Wildman–Crippen LogP) is 5.53. The first-order valence-electron chi connectivity index (χ1n) is 8.54. The smallest absolute Gasteiger partial charge is 0.201 e. The standard InChI is InChI=1S/C21H15F3O3S/c1-21(26-8-9-27-21)17-7-6-16(28-17)14-10-15(22)18(20(24)19(14)23)13-4-2-12(11-25)3-5-13/h2-7,10-11H,8-9H2,1H3.